The summed E-state index contributed by atoms with van der Waals surface area (Å²) in [5, 5.41) is 3.63. The lowest BCUT2D eigenvalue weighted by molar-refractivity contribution is 0.141. The van der Waals surface area contributed by atoms with Gasteiger partial charge in [0, 0.05) is 19.2 Å². The minimum atomic E-state index is 0.495. The lowest BCUT2D eigenvalue weighted by atomic mass is 10.0. The molecule has 0 aliphatic heterocycles. The van der Waals surface area contributed by atoms with Gasteiger partial charge >= 0.3 is 0 Å². The number of nitrogens with one attached hydrogen (secondary N) is 1. The first-order valence-electron chi connectivity index (χ1n) is 5.14. The maximum absolute atomic E-state index is 5.19. The van der Waals surface area contributed by atoms with Gasteiger partial charge in [-0.3, -0.25) is 0 Å². The molecule has 0 saturated carbocycles. The molecule has 0 fully saturated rings. The van der Waals surface area contributed by atoms with Gasteiger partial charge in [-0.1, -0.05) is 26.0 Å². The van der Waals surface area contributed by atoms with Crippen LogP contribution in [0, 0.1) is 5.92 Å². The van der Waals surface area contributed by atoms with Crippen molar-refractivity contribution in [3.63, 3.8) is 0 Å². The summed E-state index contributed by atoms with van der Waals surface area (Å²) in [5.41, 5.74) is 0. The van der Waals surface area contributed by atoms with E-state index in [9.17, 15) is 0 Å². The van der Waals surface area contributed by atoms with E-state index in [1.165, 1.54) is 12.8 Å². The maximum Gasteiger partial charge on any atom is 0.0618 e. The van der Waals surface area contributed by atoms with Gasteiger partial charge in [-0.2, -0.15) is 0 Å². The first kappa shape index (κ1) is 10.7. The molecule has 1 aliphatic carbocycles. The first-order valence-corrected chi connectivity index (χ1v) is 5.14. The summed E-state index contributed by atoms with van der Waals surface area (Å²) in [6.07, 6.45) is 6.85. The molecule has 0 spiro atoms. The average Bonchev–Trinajstić information content (AvgIpc) is 2.56. The third-order valence-corrected chi connectivity index (χ3v) is 2.61. The molecular weight excluding hydrogens is 162 g/mol. The summed E-state index contributed by atoms with van der Waals surface area (Å²) in [6.45, 7) is 5.28. The Balaban J connectivity index is 2.28. The lowest BCUT2D eigenvalue weighted by Crippen LogP contribution is -2.43. The quantitative estimate of drug-likeness (QED) is 0.658. The zero-order valence-corrected chi connectivity index (χ0v) is 8.92. The summed E-state index contributed by atoms with van der Waals surface area (Å²) < 4.78 is 5.19. The predicted octanol–water partition coefficient (Wildman–Crippen LogP) is 1.97. The summed E-state index contributed by atoms with van der Waals surface area (Å²) in [6, 6.07) is 1.14. The molecule has 0 aromatic rings. The van der Waals surface area contributed by atoms with Crippen molar-refractivity contribution in [2.45, 2.75) is 38.8 Å². The molecule has 0 aromatic heterocycles. The van der Waals surface area contributed by atoms with Crippen molar-refractivity contribution in [3.8, 4) is 0 Å². The lowest BCUT2D eigenvalue weighted by Gasteiger charge is -2.25. The molecule has 2 nitrogen and oxygen atoms in total. The molecule has 1 N–H and O–H groups in total. The number of methoxy groups -OCH3 is 1. The van der Waals surface area contributed by atoms with Gasteiger partial charge in [-0.25, -0.2) is 0 Å². The maximum atomic E-state index is 5.19. The molecule has 0 aromatic carbocycles. The van der Waals surface area contributed by atoms with E-state index in [0.29, 0.717) is 18.0 Å². The third kappa shape index (κ3) is 3.49. The van der Waals surface area contributed by atoms with Gasteiger partial charge in [-0.15, -0.1) is 0 Å². The molecule has 1 atom stereocenters. The Morgan fingerprint density at radius 2 is 2.00 bits per heavy atom. The zero-order chi connectivity index (χ0) is 9.68. The fourth-order valence-electron chi connectivity index (χ4n) is 1.67. The van der Waals surface area contributed by atoms with Gasteiger partial charge in [0.25, 0.3) is 0 Å². The predicted molar refractivity (Wildman–Crippen MR) is 55.8 cm³/mol. The topological polar surface area (TPSA) is 21.3 Å². The summed E-state index contributed by atoms with van der Waals surface area (Å²) in [4.78, 5) is 0. The highest BCUT2D eigenvalue weighted by Gasteiger charge is 2.18. The Morgan fingerprint density at radius 3 is 2.46 bits per heavy atom. The number of hydrogen-bond acceptors (Lipinski definition) is 2. The molecule has 0 saturated heterocycles. The number of hydrogen-bond donors (Lipinski definition) is 1. The molecule has 0 heterocycles. The van der Waals surface area contributed by atoms with Gasteiger partial charge in [0.2, 0.25) is 0 Å². The molecule has 1 unspecified atom stereocenters. The highest BCUT2D eigenvalue weighted by Crippen LogP contribution is 2.12. The van der Waals surface area contributed by atoms with E-state index in [4.69, 9.17) is 4.74 Å². The fourth-order valence-corrected chi connectivity index (χ4v) is 1.67. The van der Waals surface area contributed by atoms with Crippen LogP contribution in [0.15, 0.2) is 12.2 Å². The van der Waals surface area contributed by atoms with Crippen LogP contribution in [0.25, 0.3) is 0 Å². The summed E-state index contributed by atoms with van der Waals surface area (Å²) >= 11 is 0. The average molecular weight is 183 g/mol. The van der Waals surface area contributed by atoms with Crippen LogP contribution in [0.4, 0.5) is 0 Å². The molecule has 1 rings (SSSR count). The van der Waals surface area contributed by atoms with E-state index in [1.807, 2.05) is 0 Å². The van der Waals surface area contributed by atoms with E-state index < -0.39 is 0 Å². The largest absolute Gasteiger partial charge is 0.383 e. The fraction of sp³-hybridized carbons (Fsp3) is 0.818. The molecule has 2 heteroatoms. The van der Waals surface area contributed by atoms with Crippen molar-refractivity contribution in [2.75, 3.05) is 13.7 Å². The van der Waals surface area contributed by atoms with Crippen LogP contribution >= 0.6 is 0 Å². The molecule has 76 valence electrons. The molecule has 13 heavy (non-hydrogen) atoms. The molecule has 0 bridgehead atoms. The van der Waals surface area contributed by atoms with Gasteiger partial charge in [0.1, 0.15) is 0 Å². The van der Waals surface area contributed by atoms with Gasteiger partial charge in [0.05, 0.1) is 6.61 Å². The van der Waals surface area contributed by atoms with E-state index in [0.717, 1.165) is 6.61 Å². The highest BCUT2D eigenvalue weighted by atomic mass is 16.5. The van der Waals surface area contributed by atoms with E-state index in [1.54, 1.807) is 7.11 Å². The van der Waals surface area contributed by atoms with Crippen LogP contribution in [0.3, 0.4) is 0 Å². The minimum Gasteiger partial charge on any atom is -0.383 e. The van der Waals surface area contributed by atoms with Crippen molar-refractivity contribution in [3.05, 3.63) is 12.2 Å². The SMILES string of the molecule is COCC(NC1CC=CC1)C(C)C. The highest BCUT2D eigenvalue weighted by molar-refractivity contribution is 4.98. The van der Waals surface area contributed by atoms with Gasteiger partial charge < -0.3 is 10.1 Å². The second-order valence-electron chi connectivity index (χ2n) is 4.11. The standard InChI is InChI=1S/C11H21NO/c1-9(2)11(8-13-3)12-10-6-4-5-7-10/h4-5,9-12H,6-8H2,1-3H3. The van der Waals surface area contributed by atoms with Crippen molar-refractivity contribution < 1.29 is 4.74 Å². The van der Waals surface area contributed by atoms with Crippen LogP contribution in [0.5, 0.6) is 0 Å². The van der Waals surface area contributed by atoms with E-state index in [-0.39, 0.29) is 0 Å². The Kier molecular flexibility index (Phi) is 4.46. The molecule has 0 amide bonds. The van der Waals surface area contributed by atoms with Crippen LogP contribution in [0.2, 0.25) is 0 Å². The van der Waals surface area contributed by atoms with E-state index >= 15 is 0 Å². The van der Waals surface area contributed by atoms with Crippen LogP contribution in [-0.4, -0.2) is 25.8 Å². The van der Waals surface area contributed by atoms with E-state index in [2.05, 4.69) is 31.3 Å². The monoisotopic (exact) mass is 183 g/mol. The van der Waals surface area contributed by atoms with Gasteiger partial charge in [0.15, 0.2) is 0 Å². The normalized spacial score (nSPS) is 20.0. The Morgan fingerprint density at radius 1 is 1.38 bits per heavy atom. The molecule has 0 radical (unpaired) electrons. The van der Waals surface area contributed by atoms with Crippen LogP contribution in [0.1, 0.15) is 26.7 Å². The Hall–Kier alpha value is -0.340. The number of rotatable bonds is 5. The van der Waals surface area contributed by atoms with Crippen LogP contribution < -0.4 is 5.32 Å². The van der Waals surface area contributed by atoms with Crippen molar-refractivity contribution in [1.82, 2.24) is 5.32 Å². The smallest absolute Gasteiger partial charge is 0.0618 e. The first-order chi connectivity index (χ1) is 6.24. The number of ether oxygens (including phenoxy) is 1. The van der Waals surface area contributed by atoms with Crippen molar-refractivity contribution in [2.24, 2.45) is 5.92 Å². The van der Waals surface area contributed by atoms with Crippen LogP contribution in [-0.2, 0) is 4.74 Å². The van der Waals surface area contributed by atoms with Crippen molar-refractivity contribution >= 4 is 0 Å². The Labute approximate surface area is 81.4 Å². The second-order valence-corrected chi connectivity index (χ2v) is 4.11. The summed E-state index contributed by atoms with van der Waals surface area (Å²) in [5.74, 6) is 0.639. The molecular formula is C11H21NO. The van der Waals surface area contributed by atoms with Gasteiger partial charge in [-0.05, 0) is 18.8 Å². The minimum absolute atomic E-state index is 0.495. The second kappa shape index (κ2) is 5.40. The van der Waals surface area contributed by atoms with Crippen molar-refractivity contribution in [1.29, 1.82) is 0 Å². The third-order valence-electron chi connectivity index (χ3n) is 2.61. The molecule has 1 aliphatic rings. The zero-order valence-electron chi connectivity index (χ0n) is 8.92. The summed E-state index contributed by atoms with van der Waals surface area (Å²) in [7, 11) is 1.77. The Bertz CT molecular complexity index is 157.